The second-order valence-electron chi connectivity index (χ2n) is 8.49. The highest BCUT2D eigenvalue weighted by Crippen LogP contribution is 2.33. The normalized spacial score (nSPS) is 13.2. The van der Waals surface area contributed by atoms with Gasteiger partial charge in [-0.2, -0.15) is 5.21 Å². The molecular weight excluding hydrogens is 428 g/mol. The molecule has 2 aromatic carbocycles. The average Bonchev–Trinajstić information content (AvgIpc) is 3.57. The minimum Gasteiger partial charge on any atom is -0.488 e. The van der Waals surface area contributed by atoms with E-state index in [4.69, 9.17) is 19.1 Å². The number of aromatic nitrogens is 6. The van der Waals surface area contributed by atoms with E-state index >= 15 is 0 Å². The first kappa shape index (κ1) is 20.5. The summed E-state index contributed by atoms with van der Waals surface area (Å²) in [6.07, 6.45) is 5.37. The van der Waals surface area contributed by atoms with Crippen LogP contribution in [-0.2, 0) is 25.9 Å². The lowest BCUT2D eigenvalue weighted by Crippen LogP contribution is -2.10. The van der Waals surface area contributed by atoms with Gasteiger partial charge in [0.2, 0.25) is 11.7 Å². The molecule has 0 bridgehead atoms. The van der Waals surface area contributed by atoms with Gasteiger partial charge in [-0.1, -0.05) is 31.2 Å². The fourth-order valence-corrected chi connectivity index (χ4v) is 4.51. The van der Waals surface area contributed by atoms with E-state index in [-0.39, 0.29) is 0 Å². The number of pyridine rings is 1. The molecule has 0 amide bonds. The number of nitrogens with one attached hydrogen (secondary N) is 1. The van der Waals surface area contributed by atoms with Gasteiger partial charge in [0, 0.05) is 34.1 Å². The van der Waals surface area contributed by atoms with E-state index in [1.54, 1.807) is 0 Å². The Morgan fingerprint density at radius 2 is 1.88 bits per heavy atom. The standard InChI is InChI=1S/C26H24N6O2/c1-2-17-14-24(20-9-5-6-10-21(20)27-17)33-15-16-11-12-23-22(13-16)28-26(34-23)19-8-4-3-7-18(19)25-29-31-32-30-25/h3-4,7-8,11-14H,2,5-6,9-10,15H2,1H3,(H,29,30,31,32). The summed E-state index contributed by atoms with van der Waals surface area (Å²) in [6.45, 7) is 2.60. The average molecular weight is 453 g/mol. The number of aromatic amines is 1. The molecular formula is C26H24N6O2. The number of benzene rings is 2. The molecule has 8 heteroatoms. The van der Waals surface area contributed by atoms with Crippen molar-refractivity contribution in [2.24, 2.45) is 0 Å². The number of hydrogen-bond acceptors (Lipinski definition) is 7. The van der Waals surface area contributed by atoms with E-state index in [2.05, 4.69) is 33.6 Å². The van der Waals surface area contributed by atoms with Crippen molar-refractivity contribution in [3.05, 3.63) is 71.0 Å². The first-order valence-corrected chi connectivity index (χ1v) is 11.7. The van der Waals surface area contributed by atoms with E-state index in [9.17, 15) is 0 Å². The highest BCUT2D eigenvalue weighted by atomic mass is 16.5. The van der Waals surface area contributed by atoms with Gasteiger partial charge in [0.15, 0.2) is 5.58 Å². The van der Waals surface area contributed by atoms with Crippen molar-refractivity contribution in [3.8, 4) is 28.6 Å². The highest BCUT2D eigenvalue weighted by molar-refractivity contribution is 5.81. The predicted octanol–water partition coefficient (Wildman–Crippen LogP) is 5.09. The SMILES string of the molecule is CCc1cc(OCc2ccc3oc(-c4ccccc4-c4nn[nH]n4)nc3c2)c2c(n1)CCCC2. The molecule has 0 unspecified atom stereocenters. The molecule has 0 atom stereocenters. The number of aryl methyl sites for hydroxylation is 2. The Labute approximate surface area is 196 Å². The molecule has 8 nitrogen and oxygen atoms in total. The monoisotopic (exact) mass is 452 g/mol. The van der Waals surface area contributed by atoms with Gasteiger partial charge in [-0.3, -0.25) is 4.98 Å². The van der Waals surface area contributed by atoms with Crippen LogP contribution >= 0.6 is 0 Å². The van der Waals surface area contributed by atoms with Crippen LogP contribution in [0.3, 0.4) is 0 Å². The largest absolute Gasteiger partial charge is 0.488 e. The fraction of sp³-hybridized carbons (Fsp3) is 0.269. The third kappa shape index (κ3) is 3.81. The number of nitrogens with zero attached hydrogens (tertiary/aromatic N) is 5. The number of H-pyrrole nitrogens is 1. The highest BCUT2D eigenvalue weighted by Gasteiger charge is 2.18. The number of oxazole rings is 1. The van der Waals surface area contributed by atoms with E-state index in [1.807, 2.05) is 42.5 Å². The number of hydrogen-bond donors (Lipinski definition) is 1. The Hall–Kier alpha value is -4.07. The summed E-state index contributed by atoms with van der Waals surface area (Å²) in [5, 5.41) is 14.4. The maximum Gasteiger partial charge on any atom is 0.228 e. The van der Waals surface area contributed by atoms with Crippen LogP contribution in [0.15, 0.2) is 52.9 Å². The molecule has 1 aliphatic carbocycles. The van der Waals surface area contributed by atoms with Gasteiger partial charge in [0.1, 0.15) is 17.9 Å². The zero-order valence-electron chi connectivity index (χ0n) is 18.9. The van der Waals surface area contributed by atoms with Crippen molar-refractivity contribution in [2.45, 2.75) is 45.6 Å². The Morgan fingerprint density at radius 1 is 1.00 bits per heavy atom. The molecule has 0 saturated carbocycles. The Balaban J connectivity index is 1.28. The molecule has 3 heterocycles. The quantitative estimate of drug-likeness (QED) is 0.383. The lowest BCUT2D eigenvalue weighted by atomic mass is 9.94. The van der Waals surface area contributed by atoms with Gasteiger partial charge in [-0.25, -0.2) is 4.98 Å². The smallest absolute Gasteiger partial charge is 0.228 e. The number of rotatable bonds is 6. The predicted molar refractivity (Wildman–Crippen MR) is 127 cm³/mol. The minimum atomic E-state index is 0.469. The zero-order chi connectivity index (χ0) is 22.9. The van der Waals surface area contributed by atoms with Crippen LogP contribution in [-0.4, -0.2) is 30.6 Å². The molecule has 3 aromatic heterocycles. The third-order valence-electron chi connectivity index (χ3n) is 6.26. The molecule has 1 N–H and O–H groups in total. The summed E-state index contributed by atoms with van der Waals surface area (Å²) in [4.78, 5) is 9.58. The summed E-state index contributed by atoms with van der Waals surface area (Å²) in [5.41, 5.74) is 7.73. The molecule has 34 heavy (non-hydrogen) atoms. The maximum absolute atomic E-state index is 6.32. The molecule has 5 aromatic rings. The lowest BCUT2D eigenvalue weighted by Gasteiger charge is -2.20. The van der Waals surface area contributed by atoms with Crippen LogP contribution in [0.2, 0.25) is 0 Å². The molecule has 0 fully saturated rings. The van der Waals surface area contributed by atoms with Crippen molar-refractivity contribution >= 4 is 11.1 Å². The summed E-state index contributed by atoms with van der Waals surface area (Å²) < 4.78 is 12.4. The van der Waals surface area contributed by atoms with E-state index in [0.717, 1.165) is 58.5 Å². The van der Waals surface area contributed by atoms with Crippen LogP contribution in [0.1, 0.15) is 42.3 Å². The molecule has 0 spiro atoms. The van der Waals surface area contributed by atoms with Gasteiger partial charge in [-0.05, 0) is 61.1 Å². The first-order chi connectivity index (χ1) is 16.8. The maximum atomic E-state index is 6.32. The third-order valence-corrected chi connectivity index (χ3v) is 6.26. The minimum absolute atomic E-state index is 0.469. The second kappa shape index (κ2) is 8.70. The topological polar surface area (TPSA) is 103 Å². The Bertz CT molecular complexity index is 1460. The van der Waals surface area contributed by atoms with Gasteiger partial charge >= 0.3 is 0 Å². The van der Waals surface area contributed by atoms with E-state index in [0.29, 0.717) is 18.3 Å². The van der Waals surface area contributed by atoms with E-state index < -0.39 is 0 Å². The van der Waals surface area contributed by atoms with Crippen molar-refractivity contribution in [1.82, 2.24) is 30.6 Å². The lowest BCUT2D eigenvalue weighted by molar-refractivity contribution is 0.300. The van der Waals surface area contributed by atoms with Crippen molar-refractivity contribution in [2.75, 3.05) is 0 Å². The fourth-order valence-electron chi connectivity index (χ4n) is 4.51. The molecule has 6 rings (SSSR count). The summed E-state index contributed by atoms with van der Waals surface area (Å²) in [6, 6.07) is 15.8. The molecule has 0 radical (unpaired) electrons. The van der Waals surface area contributed by atoms with Gasteiger partial charge in [0.25, 0.3) is 0 Å². The molecule has 0 aliphatic heterocycles. The van der Waals surface area contributed by atoms with Crippen LogP contribution < -0.4 is 4.74 Å². The van der Waals surface area contributed by atoms with Gasteiger partial charge < -0.3 is 9.15 Å². The van der Waals surface area contributed by atoms with Crippen molar-refractivity contribution in [1.29, 1.82) is 0 Å². The number of tetrazole rings is 1. The summed E-state index contributed by atoms with van der Waals surface area (Å²) in [7, 11) is 0. The van der Waals surface area contributed by atoms with Crippen LogP contribution in [0.25, 0.3) is 33.9 Å². The first-order valence-electron chi connectivity index (χ1n) is 11.7. The van der Waals surface area contributed by atoms with Crippen LogP contribution in [0, 0.1) is 0 Å². The van der Waals surface area contributed by atoms with Crippen LogP contribution in [0.4, 0.5) is 0 Å². The van der Waals surface area contributed by atoms with Gasteiger partial charge in [-0.15, -0.1) is 10.2 Å². The Kier molecular flexibility index (Phi) is 5.25. The molecule has 170 valence electrons. The Morgan fingerprint density at radius 3 is 2.74 bits per heavy atom. The molecule has 0 saturated heterocycles. The number of ether oxygens (including phenoxy) is 1. The zero-order valence-corrected chi connectivity index (χ0v) is 18.9. The summed E-state index contributed by atoms with van der Waals surface area (Å²) >= 11 is 0. The van der Waals surface area contributed by atoms with E-state index in [1.165, 1.54) is 24.1 Å². The second-order valence-corrected chi connectivity index (χ2v) is 8.49. The van der Waals surface area contributed by atoms with Crippen LogP contribution in [0.5, 0.6) is 5.75 Å². The van der Waals surface area contributed by atoms with Gasteiger partial charge in [0.05, 0.1) is 0 Å². The van der Waals surface area contributed by atoms with Crippen molar-refractivity contribution < 1.29 is 9.15 Å². The van der Waals surface area contributed by atoms with Crippen molar-refractivity contribution in [3.63, 3.8) is 0 Å². The summed E-state index contributed by atoms with van der Waals surface area (Å²) in [5.74, 6) is 1.99. The number of fused-ring (bicyclic) bond motifs is 2. The molecule has 1 aliphatic rings.